The third kappa shape index (κ3) is 5.85. The molecule has 0 spiro atoms. The van der Waals surface area contributed by atoms with Crippen LogP contribution >= 0.6 is 0 Å². The summed E-state index contributed by atoms with van der Waals surface area (Å²) in [7, 11) is 0. The molecule has 0 aliphatic heterocycles. The Labute approximate surface area is 192 Å². The first-order valence-corrected chi connectivity index (χ1v) is 11.6. The number of H-pyrrole nitrogens is 2. The molecule has 9 nitrogen and oxygen atoms in total. The number of fused-ring (bicyclic) bond motifs is 1. The molecular formula is C23H23N4O5S-. The number of imidazole rings is 1. The van der Waals surface area contributed by atoms with E-state index in [-0.39, 0.29) is 11.3 Å². The van der Waals surface area contributed by atoms with Gasteiger partial charge in [0.05, 0.1) is 0 Å². The summed E-state index contributed by atoms with van der Waals surface area (Å²) in [5.41, 5.74) is 1.78. The van der Waals surface area contributed by atoms with Crippen molar-refractivity contribution in [2.45, 2.75) is 38.6 Å². The maximum Gasteiger partial charge on any atom is 0.330 e. The van der Waals surface area contributed by atoms with Crippen molar-refractivity contribution < 1.29 is 12.9 Å². The molecule has 0 radical (unpaired) electrons. The number of nitrogens with one attached hydrogen (secondary N) is 2. The number of benzene rings is 2. The van der Waals surface area contributed by atoms with Crippen molar-refractivity contribution in [1.29, 1.82) is 0 Å². The minimum absolute atomic E-state index is 0.208. The zero-order valence-corrected chi connectivity index (χ0v) is 18.6. The highest BCUT2D eigenvalue weighted by Gasteiger charge is 2.13. The van der Waals surface area contributed by atoms with E-state index < -0.39 is 22.6 Å². The van der Waals surface area contributed by atoms with E-state index in [0.29, 0.717) is 30.9 Å². The molecule has 4 aromatic rings. The summed E-state index contributed by atoms with van der Waals surface area (Å²) in [6, 6.07) is 16.8. The normalized spacial score (nSPS) is 12.2. The van der Waals surface area contributed by atoms with Crippen molar-refractivity contribution in [2.24, 2.45) is 0 Å². The van der Waals surface area contributed by atoms with E-state index in [0.717, 1.165) is 24.8 Å². The number of rotatable bonds is 10. The fourth-order valence-electron chi connectivity index (χ4n) is 3.71. The number of unbranched alkanes of at least 4 members (excludes halogenated alkanes) is 1. The van der Waals surface area contributed by atoms with Crippen molar-refractivity contribution >= 4 is 22.5 Å². The van der Waals surface area contributed by atoms with Crippen molar-refractivity contribution in [3.8, 4) is 5.75 Å². The molecule has 1 atom stereocenters. The Morgan fingerprint density at radius 2 is 1.61 bits per heavy atom. The van der Waals surface area contributed by atoms with Crippen LogP contribution in [-0.2, 0) is 37.2 Å². The SMILES string of the molecule is O=c1[nH]c(=O)n(CCc2ccc(OS(=O)[O-])cc2)c2nc(CCCCc3ccccc3)[nH]c12. The molecule has 2 aromatic heterocycles. The highest BCUT2D eigenvalue weighted by molar-refractivity contribution is 7.74. The third-order valence-corrected chi connectivity index (χ3v) is 5.69. The monoisotopic (exact) mass is 467 g/mol. The van der Waals surface area contributed by atoms with Crippen LogP contribution in [0.15, 0.2) is 64.2 Å². The van der Waals surface area contributed by atoms with Crippen LogP contribution in [0.5, 0.6) is 5.75 Å². The lowest BCUT2D eigenvalue weighted by atomic mass is 10.1. The Morgan fingerprint density at radius 1 is 0.909 bits per heavy atom. The molecule has 0 saturated heterocycles. The lowest BCUT2D eigenvalue weighted by molar-refractivity contribution is 0.440. The molecule has 0 fully saturated rings. The van der Waals surface area contributed by atoms with E-state index in [4.69, 9.17) is 0 Å². The van der Waals surface area contributed by atoms with Gasteiger partial charge in [-0.2, -0.15) is 0 Å². The van der Waals surface area contributed by atoms with Crippen LogP contribution in [0.1, 0.15) is 29.8 Å². The van der Waals surface area contributed by atoms with Gasteiger partial charge in [-0.25, -0.2) is 14.0 Å². The predicted molar refractivity (Wildman–Crippen MR) is 124 cm³/mol. The highest BCUT2D eigenvalue weighted by atomic mass is 32.2. The fraction of sp³-hybridized carbons (Fsp3) is 0.261. The third-order valence-electron chi connectivity index (χ3n) is 5.37. The summed E-state index contributed by atoms with van der Waals surface area (Å²) in [4.78, 5) is 34.7. The van der Waals surface area contributed by atoms with Crippen molar-refractivity contribution in [3.05, 3.63) is 92.4 Å². The molecule has 33 heavy (non-hydrogen) atoms. The summed E-state index contributed by atoms with van der Waals surface area (Å²) >= 11 is -2.63. The number of nitrogens with zero attached hydrogens (tertiary/aromatic N) is 2. The second-order valence-corrected chi connectivity index (χ2v) is 8.24. The van der Waals surface area contributed by atoms with Gasteiger partial charge in [0, 0.05) is 13.0 Å². The lowest BCUT2D eigenvalue weighted by Gasteiger charge is -2.09. The van der Waals surface area contributed by atoms with Crippen molar-refractivity contribution in [1.82, 2.24) is 19.5 Å². The molecule has 2 N–H and O–H groups in total. The van der Waals surface area contributed by atoms with E-state index in [1.54, 1.807) is 24.3 Å². The minimum Gasteiger partial charge on any atom is -0.740 e. The first kappa shape index (κ1) is 22.7. The zero-order chi connectivity index (χ0) is 23.2. The molecule has 2 heterocycles. The molecule has 0 aliphatic rings. The minimum atomic E-state index is -2.63. The van der Waals surface area contributed by atoms with Gasteiger partial charge in [0.25, 0.3) is 5.56 Å². The van der Waals surface area contributed by atoms with E-state index in [1.165, 1.54) is 10.1 Å². The van der Waals surface area contributed by atoms with Gasteiger partial charge in [-0.05, 0) is 48.9 Å². The summed E-state index contributed by atoms with van der Waals surface area (Å²) in [6.45, 7) is 0.304. The van der Waals surface area contributed by atoms with Gasteiger partial charge in [-0.3, -0.25) is 14.3 Å². The van der Waals surface area contributed by atoms with Crippen LogP contribution in [0.4, 0.5) is 0 Å². The molecule has 10 heteroatoms. The Hall–Kier alpha value is -3.50. The van der Waals surface area contributed by atoms with Crippen LogP contribution in [-0.4, -0.2) is 28.3 Å². The second-order valence-electron chi connectivity index (χ2n) is 7.67. The first-order valence-electron chi connectivity index (χ1n) is 10.6. The highest BCUT2D eigenvalue weighted by Crippen LogP contribution is 2.15. The molecule has 4 rings (SSSR count). The van der Waals surface area contributed by atoms with Crippen molar-refractivity contribution in [3.63, 3.8) is 0 Å². The quantitative estimate of drug-likeness (QED) is 0.272. The van der Waals surface area contributed by atoms with E-state index in [2.05, 4.69) is 31.3 Å². The summed E-state index contributed by atoms with van der Waals surface area (Å²) < 4.78 is 27.2. The Morgan fingerprint density at radius 3 is 2.33 bits per heavy atom. The van der Waals surface area contributed by atoms with Gasteiger partial charge in [0.15, 0.2) is 5.65 Å². The maximum absolute atomic E-state index is 12.4. The lowest BCUT2D eigenvalue weighted by Crippen LogP contribution is -2.31. The number of aromatic nitrogens is 4. The molecule has 172 valence electrons. The number of aryl methyl sites for hydroxylation is 4. The predicted octanol–water partition coefficient (Wildman–Crippen LogP) is 2.39. The average Bonchev–Trinajstić information content (AvgIpc) is 3.23. The average molecular weight is 468 g/mol. The van der Waals surface area contributed by atoms with Gasteiger partial charge in [-0.15, -0.1) is 0 Å². The van der Waals surface area contributed by atoms with E-state index in [1.807, 2.05) is 18.2 Å². The van der Waals surface area contributed by atoms with Crippen LogP contribution in [0, 0.1) is 0 Å². The molecule has 0 amide bonds. The fourth-order valence-corrected chi connectivity index (χ4v) is 3.98. The smallest absolute Gasteiger partial charge is 0.330 e. The molecule has 0 saturated carbocycles. The van der Waals surface area contributed by atoms with Gasteiger partial charge in [0.2, 0.25) is 0 Å². The van der Waals surface area contributed by atoms with Crippen LogP contribution in [0.3, 0.4) is 0 Å². The van der Waals surface area contributed by atoms with Crippen molar-refractivity contribution in [2.75, 3.05) is 0 Å². The van der Waals surface area contributed by atoms with Gasteiger partial charge >= 0.3 is 5.69 Å². The molecule has 2 aromatic carbocycles. The second kappa shape index (κ2) is 10.4. The van der Waals surface area contributed by atoms with Crippen LogP contribution in [0.25, 0.3) is 11.2 Å². The number of hydrogen-bond donors (Lipinski definition) is 2. The van der Waals surface area contributed by atoms with Crippen LogP contribution < -0.4 is 15.4 Å². The maximum atomic E-state index is 12.4. The van der Waals surface area contributed by atoms with E-state index >= 15 is 0 Å². The van der Waals surface area contributed by atoms with E-state index in [9.17, 15) is 18.4 Å². The van der Waals surface area contributed by atoms with Gasteiger partial charge in [-0.1, -0.05) is 42.5 Å². The number of aromatic amines is 2. The Bertz CT molecular complexity index is 1360. The molecule has 1 unspecified atom stereocenters. The standard InChI is InChI=1S/C23H24N4O5S/c28-22-20-21(25-19(24-20)9-5-4-8-16-6-2-1-3-7-16)27(23(29)26-22)15-14-17-10-12-18(13-11-17)32-33(30)31/h1-3,6-7,10-13H,4-5,8-9,14-15H2,(H,24,25)(H,30,31)(H,26,28,29)/p-1. The molecular weight excluding hydrogens is 444 g/mol. The molecule has 0 aliphatic carbocycles. The summed E-state index contributed by atoms with van der Waals surface area (Å²) in [5.74, 6) is 0.884. The number of hydrogen-bond acceptors (Lipinski definition) is 6. The first-order chi connectivity index (χ1) is 16.0. The molecule has 0 bridgehead atoms. The largest absolute Gasteiger partial charge is 0.740 e. The van der Waals surface area contributed by atoms with Gasteiger partial charge < -0.3 is 13.7 Å². The van der Waals surface area contributed by atoms with Gasteiger partial charge in [0.1, 0.15) is 28.5 Å². The van der Waals surface area contributed by atoms with Crippen LogP contribution in [0.2, 0.25) is 0 Å². The zero-order valence-electron chi connectivity index (χ0n) is 17.8. The topological polar surface area (TPSA) is 133 Å². The summed E-state index contributed by atoms with van der Waals surface area (Å²) in [5, 5.41) is 0. The Kier molecular flexibility index (Phi) is 7.16. The summed E-state index contributed by atoms with van der Waals surface area (Å²) in [6.07, 6.45) is 4.03. The Balaban J connectivity index is 1.44.